The number of aryl methyl sites for hydroxylation is 1. The number of nitrogens with one attached hydrogen (secondary N) is 1. The molecule has 3 aromatic rings. The number of allylic oxidation sites excluding steroid dienone is 2. The van der Waals surface area contributed by atoms with Crippen molar-refractivity contribution in [3.05, 3.63) is 95.1 Å². The van der Waals surface area contributed by atoms with E-state index >= 15 is 0 Å². The van der Waals surface area contributed by atoms with E-state index in [1.807, 2.05) is 24.3 Å². The fourth-order valence-corrected chi connectivity index (χ4v) is 4.80. The van der Waals surface area contributed by atoms with Crippen LogP contribution in [0, 0.1) is 5.92 Å². The zero-order valence-corrected chi connectivity index (χ0v) is 26.2. The number of unbranched alkanes of at least 4 members (excludes halogenated alkanes) is 1. The van der Waals surface area contributed by atoms with E-state index in [4.69, 9.17) is 18.9 Å². The molecule has 44 heavy (non-hydrogen) atoms. The molecule has 8 heteroatoms. The molecule has 1 atom stereocenters. The van der Waals surface area contributed by atoms with Gasteiger partial charge in [-0.25, -0.2) is 0 Å². The van der Waals surface area contributed by atoms with Gasteiger partial charge in [0, 0.05) is 6.92 Å². The molecule has 0 aliphatic rings. The van der Waals surface area contributed by atoms with Crippen LogP contribution in [0.2, 0.25) is 0 Å². The van der Waals surface area contributed by atoms with Crippen molar-refractivity contribution >= 4 is 29.6 Å². The lowest BCUT2D eigenvalue weighted by atomic mass is 9.84. The highest BCUT2D eigenvalue weighted by atomic mass is 16.5. The van der Waals surface area contributed by atoms with Gasteiger partial charge in [-0.2, -0.15) is 0 Å². The van der Waals surface area contributed by atoms with Gasteiger partial charge in [-0.3, -0.25) is 14.4 Å². The number of hydrogen-bond donors (Lipinski definition) is 1. The number of ether oxygens (including phenoxy) is 4. The highest BCUT2D eigenvalue weighted by molar-refractivity contribution is 6.14. The number of carbonyl (C=O) groups is 3. The van der Waals surface area contributed by atoms with Crippen molar-refractivity contribution in [1.29, 1.82) is 0 Å². The molecule has 232 valence electrons. The standard InChI is InChI=1S/C36H41NO7/c1-7-8-9-25-10-16-28(17-11-25)36(37-24(2)38)35(29(39)18-12-26-14-20-31(41-3)33(22-26)43-5)30(40)19-13-27-15-21-32(42-4)34(23-27)44-6/h10-23,35-36H,7-9H2,1-6H3,(H,37,38). The summed E-state index contributed by atoms with van der Waals surface area (Å²) in [5.41, 5.74) is 3.16. The molecule has 0 saturated carbocycles. The SMILES string of the molecule is CCCCc1ccc(C(NC(C)=O)C(C(=O)C=Cc2ccc(OC)c(OC)c2)C(=O)C=Cc2ccc(OC)c(OC)c2)cc1. The number of hydrogen-bond acceptors (Lipinski definition) is 7. The largest absolute Gasteiger partial charge is 0.493 e. The van der Waals surface area contributed by atoms with Crippen molar-refractivity contribution in [3.63, 3.8) is 0 Å². The van der Waals surface area contributed by atoms with Crippen LogP contribution in [0.15, 0.2) is 72.8 Å². The first kappa shape index (κ1) is 33.6. The minimum Gasteiger partial charge on any atom is -0.493 e. The van der Waals surface area contributed by atoms with Crippen LogP contribution >= 0.6 is 0 Å². The molecular formula is C36H41NO7. The number of ketones is 2. The normalized spacial score (nSPS) is 12.5. The van der Waals surface area contributed by atoms with Gasteiger partial charge in [0.15, 0.2) is 34.6 Å². The number of amides is 1. The van der Waals surface area contributed by atoms with Gasteiger partial charge in [0.25, 0.3) is 0 Å². The van der Waals surface area contributed by atoms with Crippen molar-refractivity contribution < 1.29 is 33.3 Å². The van der Waals surface area contributed by atoms with Crippen LogP contribution < -0.4 is 24.3 Å². The monoisotopic (exact) mass is 599 g/mol. The number of rotatable bonds is 16. The molecular weight excluding hydrogens is 558 g/mol. The van der Waals surface area contributed by atoms with Crippen molar-refractivity contribution in [2.75, 3.05) is 28.4 Å². The first-order chi connectivity index (χ1) is 21.2. The lowest BCUT2D eigenvalue weighted by molar-refractivity contribution is -0.129. The van der Waals surface area contributed by atoms with E-state index in [9.17, 15) is 14.4 Å². The molecule has 1 amide bonds. The Hall–Kier alpha value is -4.85. The quantitative estimate of drug-likeness (QED) is 0.150. The Morgan fingerprint density at radius 3 is 1.59 bits per heavy atom. The number of carbonyl (C=O) groups excluding carboxylic acids is 3. The van der Waals surface area contributed by atoms with Crippen molar-refractivity contribution in [2.45, 2.75) is 39.2 Å². The molecule has 0 heterocycles. The highest BCUT2D eigenvalue weighted by Crippen LogP contribution is 2.31. The molecule has 1 N–H and O–H groups in total. The third kappa shape index (κ3) is 9.07. The molecule has 1 unspecified atom stereocenters. The maximum Gasteiger partial charge on any atom is 0.217 e. The summed E-state index contributed by atoms with van der Waals surface area (Å²) in [4.78, 5) is 40.1. The fraction of sp³-hybridized carbons (Fsp3) is 0.306. The molecule has 0 radical (unpaired) electrons. The summed E-state index contributed by atoms with van der Waals surface area (Å²) in [5.74, 6) is -0.392. The summed E-state index contributed by atoms with van der Waals surface area (Å²) in [5, 5.41) is 2.86. The first-order valence-corrected chi connectivity index (χ1v) is 14.5. The molecule has 8 nitrogen and oxygen atoms in total. The summed E-state index contributed by atoms with van der Waals surface area (Å²) in [6.07, 6.45) is 8.99. The summed E-state index contributed by atoms with van der Waals surface area (Å²) < 4.78 is 21.4. The van der Waals surface area contributed by atoms with Gasteiger partial charge in [0.05, 0.1) is 34.5 Å². The van der Waals surface area contributed by atoms with Gasteiger partial charge in [0.2, 0.25) is 5.91 Å². The Labute approximate surface area is 259 Å². The molecule has 0 aliphatic heterocycles. The van der Waals surface area contributed by atoms with E-state index in [2.05, 4.69) is 12.2 Å². The van der Waals surface area contributed by atoms with E-state index in [0.29, 0.717) is 39.7 Å². The van der Waals surface area contributed by atoms with Crippen LogP contribution in [-0.2, 0) is 20.8 Å². The maximum absolute atomic E-state index is 13.9. The number of methoxy groups -OCH3 is 4. The second-order valence-electron chi connectivity index (χ2n) is 10.2. The Balaban J connectivity index is 2.03. The second-order valence-corrected chi connectivity index (χ2v) is 10.2. The molecule has 3 aromatic carbocycles. The molecule has 3 rings (SSSR count). The molecule has 0 fully saturated rings. The molecule has 0 aliphatic carbocycles. The van der Waals surface area contributed by atoms with Crippen LogP contribution in [0.4, 0.5) is 0 Å². The van der Waals surface area contributed by atoms with Crippen LogP contribution in [0.3, 0.4) is 0 Å². The lowest BCUT2D eigenvalue weighted by Crippen LogP contribution is -2.39. The Bertz CT molecular complexity index is 1410. The van der Waals surface area contributed by atoms with Gasteiger partial charge >= 0.3 is 0 Å². The Morgan fingerprint density at radius 1 is 0.705 bits per heavy atom. The molecule has 0 bridgehead atoms. The van der Waals surface area contributed by atoms with Crippen molar-refractivity contribution in [2.24, 2.45) is 5.92 Å². The Morgan fingerprint density at radius 2 is 1.18 bits per heavy atom. The van der Waals surface area contributed by atoms with E-state index in [1.165, 1.54) is 33.3 Å². The highest BCUT2D eigenvalue weighted by Gasteiger charge is 2.34. The van der Waals surface area contributed by atoms with Gasteiger partial charge in [-0.05, 0) is 71.5 Å². The van der Waals surface area contributed by atoms with E-state index < -0.39 is 23.5 Å². The summed E-state index contributed by atoms with van der Waals surface area (Å²) >= 11 is 0. The molecule has 0 spiro atoms. The Kier molecular flexibility index (Phi) is 12.8. The zero-order chi connectivity index (χ0) is 32.1. The van der Waals surface area contributed by atoms with Gasteiger partial charge < -0.3 is 24.3 Å². The van der Waals surface area contributed by atoms with E-state index in [-0.39, 0.29) is 5.91 Å². The fourth-order valence-electron chi connectivity index (χ4n) is 4.80. The topological polar surface area (TPSA) is 100 Å². The maximum atomic E-state index is 13.9. The minimum absolute atomic E-state index is 0.358. The minimum atomic E-state index is -1.23. The van der Waals surface area contributed by atoms with E-state index in [0.717, 1.165) is 24.8 Å². The van der Waals surface area contributed by atoms with Crippen molar-refractivity contribution in [3.8, 4) is 23.0 Å². The van der Waals surface area contributed by atoms with Crippen molar-refractivity contribution in [1.82, 2.24) is 5.32 Å². The van der Waals surface area contributed by atoms with Crippen LogP contribution in [0.25, 0.3) is 12.2 Å². The summed E-state index contributed by atoms with van der Waals surface area (Å²) in [6.45, 7) is 3.50. The second kappa shape index (κ2) is 16.7. The van der Waals surface area contributed by atoms with Crippen LogP contribution in [0.1, 0.15) is 55.0 Å². The smallest absolute Gasteiger partial charge is 0.217 e. The average molecular weight is 600 g/mol. The summed E-state index contributed by atoms with van der Waals surface area (Å²) in [7, 11) is 6.14. The number of benzene rings is 3. The molecule has 0 aromatic heterocycles. The van der Waals surface area contributed by atoms with Gasteiger partial charge in [0.1, 0.15) is 5.92 Å². The predicted octanol–water partition coefficient (Wildman–Crippen LogP) is 6.42. The molecule has 0 saturated heterocycles. The van der Waals surface area contributed by atoms with Gasteiger partial charge in [-0.1, -0.05) is 61.9 Å². The van der Waals surface area contributed by atoms with E-state index in [1.54, 1.807) is 62.8 Å². The third-order valence-electron chi connectivity index (χ3n) is 7.16. The first-order valence-electron chi connectivity index (χ1n) is 14.5. The van der Waals surface area contributed by atoms with Crippen LogP contribution in [0.5, 0.6) is 23.0 Å². The zero-order valence-electron chi connectivity index (χ0n) is 26.2. The average Bonchev–Trinajstić information content (AvgIpc) is 3.04. The summed E-state index contributed by atoms with van der Waals surface area (Å²) in [6, 6.07) is 17.3. The van der Waals surface area contributed by atoms with Crippen LogP contribution in [-0.4, -0.2) is 45.9 Å². The lowest BCUT2D eigenvalue weighted by Gasteiger charge is -2.25. The predicted molar refractivity (Wildman–Crippen MR) is 172 cm³/mol. The van der Waals surface area contributed by atoms with Gasteiger partial charge in [-0.15, -0.1) is 0 Å². The third-order valence-corrected chi connectivity index (χ3v) is 7.16.